The van der Waals surface area contributed by atoms with E-state index in [1.807, 2.05) is 0 Å². The quantitative estimate of drug-likeness (QED) is 0.592. The molecule has 8 nitrogen and oxygen atoms in total. The van der Waals surface area contributed by atoms with Crippen molar-refractivity contribution >= 4 is 17.5 Å². The van der Waals surface area contributed by atoms with Crippen molar-refractivity contribution in [1.29, 1.82) is 0 Å². The van der Waals surface area contributed by atoms with Gasteiger partial charge in [0.25, 0.3) is 0 Å². The molecule has 0 radical (unpaired) electrons. The summed E-state index contributed by atoms with van der Waals surface area (Å²) in [5, 5.41) is 4.30. The molecule has 1 aliphatic heterocycles. The fraction of sp³-hybridized carbons (Fsp3) is 0.533. The average molecular weight is 377 g/mol. The Morgan fingerprint density at radius 2 is 2.12 bits per heavy atom. The summed E-state index contributed by atoms with van der Waals surface area (Å²) >= 11 is 0. The molecular formula is C15H18F3N3O5. The number of aliphatic imine (C=N–C) groups is 1. The molecule has 144 valence electrons. The number of alkyl halides is 3. The van der Waals surface area contributed by atoms with Gasteiger partial charge in [-0.3, -0.25) is 14.6 Å². The van der Waals surface area contributed by atoms with Crippen molar-refractivity contribution in [1.82, 2.24) is 10.6 Å². The highest BCUT2D eigenvalue weighted by Crippen LogP contribution is 2.24. The van der Waals surface area contributed by atoms with Gasteiger partial charge in [-0.2, -0.15) is 13.2 Å². The lowest BCUT2D eigenvalue weighted by Crippen LogP contribution is -2.40. The fourth-order valence-electron chi connectivity index (χ4n) is 2.22. The SMILES string of the molecule is COC1=CC2C(=O)NCN=C2C=C1OCCOCCNC(=O)C(F)(F)F. The van der Waals surface area contributed by atoms with Crippen LogP contribution in [0.3, 0.4) is 0 Å². The van der Waals surface area contributed by atoms with Crippen molar-refractivity contribution in [2.24, 2.45) is 10.9 Å². The van der Waals surface area contributed by atoms with Gasteiger partial charge in [-0.15, -0.1) is 0 Å². The molecule has 11 heteroatoms. The number of amides is 2. The number of methoxy groups -OCH3 is 1. The Balaban J connectivity index is 1.72. The smallest absolute Gasteiger partial charge is 0.471 e. The molecule has 2 aliphatic rings. The average Bonchev–Trinajstić information content (AvgIpc) is 2.59. The Bertz CT molecular complexity index is 643. The molecule has 0 saturated carbocycles. The molecule has 1 aliphatic carbocycles. The molecule has 0 aromatic heterocycles. The van der Waals surface area contributed by atoms with Crippen LogP contribution in [-0.4, -0.2) is 63.8 Å². The van der Waals surface area contributed by atoms with E-state index < -0.39 is 18.0 Å². The van der Waals surface area contributed by atoms with E-state index in [2.05, 4.69) is 10.3 Å². The first kappa shape index (κ1) is 19.8. The summed E-state index contributed by atoms with van der Waals surface area (Å²) in [5.74, 6) is -1.95. The van der Waals surface area contributed by atoms with Gasteiger partial charge in [-0.25, -0.2) is 0 Å². The zero-order valence-electron chi connectivity index (χ0n) is 13.9. The van der Waals surface area contributed by atoms with Gasteiger partial charge < -0.3 is 24.8 Å². The summed E-state index contributed by atoms with van der Waals surface area (Å²) < 4.78 is 51.7. The molecule has 0 aromatic rings. The van der Waals surface area contributed by atoms with E-state index in [1.165, 1.54) is 7.11 Å². The Morgan fingerprint density at radius 1 is 1.35 bits per heavy atom. The number of carbonyl (C=O) groups excluding carboxylic acids is 2. The summed E-state index contributed by atoms with van der Waals surface area (Å²) in [4.78, 5) is 26.6. The topological polar surface area (TPSA) is 98.2 Å². The lowest BCUT2D eigenvalue weighted by atomic mass is 9.94. The number of carbonyl (C=O) groups is 2. The van der Waals surface area contributed by atoms with Gasteiger partial charge in [-0.05, 0) is 6.08 Å². The monoisotopic (exact) mass is 377 g/mol. The van der Waals surface area contributed by atoms with Crippen molar-refractivity contribution in [3.05, 3.63) is 23.7 Å². The third-order valence-electron chi connectivity index (χ3n) is 3.45. The second-order valence-electron chi connectivity index (χ2n) is 5.22. The van der Waals surface area contributed by atoms with Crippen molar-refractivity contribution < 1.29 is 37.0 Å². The molecule has 0 aromatic carbocycles. The maximum atomic E-state index is 12.0. The number of hydrogen-bond acceptors (Lipinski definition) is 6. The second kappa shape index (κ2) is 8.70. The number of nitrogens with one attached hydrogen (secondary N) is 2. The van der Waals surface area contributed by atoms with Crippen LogP contribution in [0.15, 0.2) is 28.7 Å². The molecular weight excluding hydrogens is 359 g/mol. The Labute approximate surface area is 147 Å². The molecule has 1 unspecified atom stereocenters. The van der Waals surface area contributed by atoms with Gasteiger partial charge in [0, 0.05) is 12.6 Å². The number of allylic oxidation sites excluding steroid dienone is 1. The highest BCUT2D eigenvalue weighted by atomic mass is 19.4. The normalized spacial score (nSPS) is 19.5. The third kappa shape index (κ3) is 5.22. The van der Waals surface area contributed by atoms with Gasteiger partial charge >= 0.3 is 12.1 Å². The predicted octanol–water partition coefficient (Wildman–Crippen LogP) is 0.270. The van der Waals surface area contributed by atoms with E-state index in [-0.39, 0.29) is 38.9 Å². The van der Waals surface area contributed by atoms with E-state index in [0.29, 0.717) is 17.2 Å². The van der Waals surface area contributed by atoms with E-state index in [0.717, 1.165) is 0 Å². The fourth-order valence-corrected chi connectivity index (χ4v) is 2.22. The minimum atomic E-state index is -4.91. The molecule has 1 heterocycles. The zero-order chi connectivity index (χ0) is 19.2. The zero-order valence-corrected chi connectivity index (χ0v) is 13.9. The van der Waals surface area contributed by atoms with Crippen LogP contribution in [0.2, 0.25) is 0 Å². The molecule has 2 rings (SSSR count). The Hall–Kier alpha value is -2.56. The van der Waals surface area contributed by atoms with Gasteiger partial charge in [0.1, 0.15) is 19.2 Å². The standard InChI is InChI=1S/C15H18F3N3O5/c1-24-11-6-9-10(20-8-21-13(9)22)7-12(11)26-5-4-25-3-2-19-14(23)15(16,17)18/h6-7,9H,2-5,8H2,1H3,(H,19,23)(H,21,22). The first-order chi connectivity index (χ1) is 12.3. The third-order valence-corrected chi connectivity index (χ3v) is 3.45. The molecule has 1 atom stereocenters. The minimum Gasteiger partial charge on any atom is -0.493 e. The Kier molecular flexibility index (Phi) is 6.61. The largest absolute Gasteiger partial charge is 0.493 e. The first-order valence-electron chi connectivity index (χ1n) is 7.68. The van der Waals surface area contributed by atoms with Crippen LogP contribution < -0.4 is 10.6 Å². The van der Waals surface area contributed by atoms with Crippen LogP contribution in [0.4, 0.5) is 13.2 Å². The highest BCUT2D eigenvalue weighted by molar-refractivity contribution is 6.13. The molecule has 0 fully saturated rings. The maximum absolute atomic E-state index is 12.0. The van der Waals surface area contributed by atoms with Crippen molar-refractivity contribution in [2.45, 2.75) is 6.18 Å². The highest BCUT2D eigenvalue weighted by Gasteiger charge is 2.38. The number of ether oxygens (including phenoxy) is 3. The maximum Gasteiger partial charge on any atom is 0.471 e. The number of nitrogens with zero attached hydrogens (tertiary/aromatic N) is 1. The van der Waals surface area contributed by atoms with Gasteiger partial charge in [0.2, 0.25) is 5.91 Å². The first-order valence-corrected chi connectivity index (χ1v) is 7.68. The van der Waals surface area contributed by atoms with E-state index in [4.69, 9.17) is 14.2 Å². The van der Waals surface area contributed by atoms with Crippen LogP contribution >= 0.6 is 0 Å². The molecule has 2 N–H and O–H groups in total. The summed E-state index contributed by atoms with van der Waals surface area (Å²) in [7, 11) is 1.44. The van der Waals surface area contributed by atoms with Crippen LogP contribution in [0.25, 0.3) is 0 Å². The summed E-state index contributed by atoms with van der Waals surface area (Å²) in [6, 6.07) is 0. The van der Waals surface area contributed by atoms with Gasteiger partial charge in [0.15, 0.2) is 11.5 Å². The van der Waals surface area contributed by atoms with Crippen molar-refractivity contribution in [2.75, 3.05) is 40.1 Å². The lowest BCUT2D eigenvalue weighted by Gasteiger charge is -2.25. The summed E-state index contributed by atoms with van der Waals surface area (Å²) in [6.07, 6.45) is -1.71. The number of rotatable bonds is 8. The molecule has 26 heavy (non-hydrogen) atoms. The van der Waals surface area contributed by atoms with Crippen LogP contribution in [0, 0.1) is 5.92 Å². The van der Waals surface area contributed by atoms with Gasteiger partial charge in [0.05, 0.1) is 26.0 Å². The Morgan fingerprint density at radius 3 is 2.81 bits per heavy atom. The van der Waals surface area contributed by atoms with Gasteiger partial charge in [-0.1, -0.05) is 0 Å². The number of hydrogen-bond donors (Lipinski definition) is 2. The van der Waals surface area contributed by atoms with Crippen LogP contribution in [0.5, 0.6) is 0 Å². The summed E-state index contributed by atoms with van der Waals surface area (Å²) in [6.45, 7) is 0.0257. The molecule has 0 saturated heterocycles. The van der Waals surface area contributed by atoms with E-state index in [9.17, 15) is 22.8 Å². The van der Waals surface area contributed by atoms with E-state index in [1.54, 1.807) is 17.5 Å². The minimum absolute atomic E-state index is 0.0899. The van der Waals surface area contributed by atoms with E-state index >= 15 is 0 Å². The van der Waals surface area contributed by atoms with Crippen molar-refractivity contribution in [3.8, 4) is 0 Å². The molecule has 0 spiro atoms. The number of fused-ring (bicyclic) bond motifs is 1. The van der Waals surface area contributed by atoms with Crippen LogP contribution in [-0.2, 0) is 23.8 Å². The second-order valence-corrected chi connectivity index (χ2v) is 5.22. The van der Waals surface area contributed by atoms with Crippen molar-refractivity contribution in [3.63, 3.8) is 0 Å². The molecule has 2 amide bonds. The summed E-state index contributed by atoms with van der Waals surface area (Å²) in [5.41, 5.74) is 0.556. The molecule has 0 bridgehead atoms. The predicted molar refractivity (Wildman–Crippen MR) is 82.9 cm³/mol. The lowest BCUT2D eigenvalue weighted by molar-refractivity contribution is -0.173. The van der Waals surface area contributed by atoms with Crippen LogP contribution in [0.1, 0.15) is 0 Å². The number of halogens is 3.